The van der Waals surface area contributed by atoms with E-state index >= 15 is 0 Å². The zero-order chi connectivity index (χ0) is 24.2. The summed E-state index contributed by atoms with van der Waals surface area (Å²) < 4.78 is 5.32. The van der Waals surface area contributed by atoms with Crippen molar-refractivity contribution in [3.63, 3.8) is 0 Å². The van der Waals surface area contributed by atoms with Crippen LogP contribution < -0.4 is 10.1 Å². The molecule has 5 rings (SSSR count). The van der Waals surface area contributed by atoms with Crippen LogP contribution in [0.3, 0.4) is 0 Å². The van der Waals surface area contributed by atoms with Gasteiger partial charge in [0.1, 0.15) is 5.75 Å². The van der Waals surface area contributed by atoms with E-state index in [0.717, 1.165) is 25.7 Å². The Balaban J connectivity index is 1.23. The van der Waals surface area contributed by atoms with Gasteiger partial charge in [0.25, 0.3) is 5.91 Å². The molecule has 5 nitrogen and oxygen atoms in total. The number of nitrogens with zero attached hydrogens (tertiary/aromatic N) is 1. The second-order valence-electron chi connectivity index (χ2n) is 9.50. The monoisotopic (exact) mass is 468 g/mol. The Labute approximate surface area is 207 Å². The molecule has 0 radical (unpaired) electrons. The predicted octanol–water partition coefficient (Wildman–Crippen LogP) is 5.13. The van der Waals surface area contributed by atoms with Crippen LogP contribution in [0.2, 0.25) is 0 Å². The zero-order valence-corrected chi connectivity index (χ0v) is 20.2. The van der Waals surface area contributed by atoms with E-state index in [1.54, 1.807) is 19.2 Å². The van der Waals surface area contributed by atoms with Crippen LogP contribution in [0.15, 0.2) is 78.9 Å². The average Bonchev–Trinajstić information content (AvgIpc) is 2.93. The van der Waals surface area contributed by atoms with Crippen LogP contribution >= 0.6 is 0 Å². The first-order chi connectivity index (χ1) is 17.2. The van der Waals surface area contributed by atoms with Crippen LogP contribution in [0.5, 0.6) is 5.75 Å². The van der Waals surface area contributed by atoms with Crippen molar-refractivity contribution < 1.29 is 14.3 Å². The first-order valence-corrected chi connectivity index (χ1v) is 12.5. The lowest BCUT2D eigenvalue weighted by Gasteiger charge is -2.37. The fraction of sp³-hybridized carbons (Fsp3) is 0.333. The van der Waals surface area contributed by atoms with Crippen LogP contribution in [0.25, 0.3) is 0 Å². The van der Waals surface area contributed by atoms with E-state index < -0.39 is 0 Å². The lowest BCUT2D eigenvalue weighted by atomic mass is 9.73. The minimum Gasteiger partial charge on any atom is -0.496 e. The van der Waals surface area contributed by atoms with Gasteiger partial charge in [-0.1, -0.05) is 66.7 Å². The predicted molar refractivity (Wildman–Crippen MR) is 137 cm³/mol. The number of benzene rings is 3. The number of rotatable bonds is 5. The second-order valence-corrected chi connectivity index (χ2v) is 9.50. The number of carbonyl (C=O) groups excluding carboxylic acids is 2. The van der Waals surface area contributed by atoms with Crippen molar-refractivity contribution in [3.8, 4) is 5.75 Å². The van der Waals surface area contributed by atoms with E-state index in [1.807, 2.05) is 29.2 Å². The third kappa shape index (κ3) is 4.81. The molecule has 35 heavy (non-hydrogen) atoms. The molecule has 1 fully saturated rings. The number of carbonyl (C=O) groups is 2. The minimum absolute atomic E-state index is 0.0533. The number of hydrogen-bond donors (Lipinski definition) is 1. The Kier molecular flexibility index (Phi) is 6.84. The minimum atomic E-state index is -0.125. The molecule has 180 valence electrons. The van der Waals surface area contributed by atoms with Gasteiger partial charge in [0, 0.05) is 25.0 Å². The maximum Gasteiger partial charge on any atom is 0.255 e. The van der Waals surface area contributed by atoms with E-state index in [9.17, 15) is 9.59 Å². The van der Waals surface area contributed by atoms with Crippen molar-refractivity contribution in [2.45, 2.75) is 43.6 Å². The molecule has 1 aliphatic heterocycles. The van der Waals surface area contributed by atoms with Gasteiger partial charge in [-0.05, 0) is 54.5 Å². The Hall–Kier alpha value is -3.60. The van der Waals surface area contributed by atoms with Crippen LogP contribution in [0.4, 0.5) is 0 Å². The standard InChI is InChI=1S/C30H32N2O3/c1-35-28-14-8-7-13-27(28)29(33)31-22-17-19-32(20-18-22)30(34)26-16-15-23(21-9-3-2-4-10-21)24-11-5-6-12-25(24)26/h2-14,22-23,26H,15-20H2,1H3,(H,31,33)/t23?,26-/m1/s1. The molecule has 5 heteroatoms. The lowest BCUT2D eigenvalue weighted by Crippen LogP contribution is -2.48. The van der Waals surface area contributed by atoms with Gasteiger partial charge in [-0.15, -0.1) is 0 Å². The Morgan fingerprint density at radius 2 is 1.46 bits per heavy atom. The third-order valence-corrected chi connectivity index (χ3v) is 7.48. The van der Waals surface area contributed by atoms with Crippen molar-refractivity contribution in [2.24, 2.45) is 0 Å². The SMILES string of the molecule is COc1ccccc1C(=O)NC1CCN(C(=O)[C@@H]2CCC(c3ccccc3)c3ccccc32)CC1. The molecule has 1 unspecified atom stereocenters. The van der Waals surface area contributed by atoms with Gasteiger partial charge in [0.15, 0.2) is 0 Å². The second kappa shape index (κ2) is 10.3. The van der Waals surface area contributed by atoms with Gasteiger partial charge >= 0.3 is 0 Å². The summed E-state index contributed by atoms with van der Waals surface area (Å²) in [7, 11) is 1.57. The summed E-state index contributed by atoms with van der Waals surface area (Å²) in [5.74, 6) is 0.916. The Morgan fingerprint density at radius 1 is 0.800 bits per heavy atom. The van der Waals surface area contributed by atoms with Crippen molar-refractivity contribution in [2.75, 3.05) is 20.2 Å². The highest BCUT2D eigenvalue weighted by atomic mass is 16.5. The Bertz CT molecular complexity index is 1180. The van der Waals surface area contributed by atoms with Crippen molar-refractivity contribution >= 4 is 11.8 Å². The number of likely N-dealkylation sites (tertiary alicyclic amines) is 1. The quantitative estimate of drug-likeness (QED) is 0.565. The number of amides is 2. The topological polar surface area (TPSA) is 58.6 Å². The van der Waals surface area contributed by atoms with E-state index in [0.29, 0.717) is 30.3 Å². The fourth-order valence-corrected chi connectivity index (χ4v) is 5.64. The first kappa shape index (κ1) is 23.2. The van der Waals surface area contributed by atoms with Gasteiger partial charge in [0.2, 0.25) is 5.91 Å². The number of hydrogen-bond acceptors (Lipinski definition) is 3. The summed E-state index contributed by atoms with van der Waals surface area (Å²) in [6, 6.07) is 26.4. The van der Waals surface area contributed by atoms with E-state index in [4.69, 9.17) is 4.74 Å². The first-order valence-electron chi connectivity index (χ1n) is 12.5. The van der Waals surface area contributed by atoms with E-state index in [2.05, 4.69) is 47.8 Å². The molecule has 1 aliphatic carbocycles. The number of para-hydroxylation sites is 1. The number of ether oxygens (including phenoxy) is 1. The number of nitrogens with one attached hydrogen (secondary N) is 1. The van der Waals surface area contributed by atoms with Crippen molar-refractivity contribution in [3.05, 3.63) is 101 Å². The van der Waals surface area contributed by atoms with Crippen LogP contribution in [-0.2, 0) is 4.79 Å². The smallest absolute Gasteiger partial charge is 0.255 e. The molecule has 0 saturated carbocycles. The van der Waals surface area contributed by atoms with Gasteiger partial charge in [0.05, 0.1) is 18.6 Å². The highest BCUT2D eigenvalue weighted by molar-refractivity contribution is 5.97. The van der Waals surface area contributed by atoms with Crippen LogP contribution in [0, 0.1) is 0 Å². The summed E-state index contributed by atoms with van der Waals surface area (Å²) in [6.07, 6.45) is 3.35. The third-order valence-electron chi connectivity index (χ3n) is 7.48. The number of fused-ring (bicyclic) bond motifs is 1. The largest absolute Gasteiger partial charge is 0.496 e. The molecule has 1 saturated heterocycles. The number of methoxy groups -OCH3 is 1. The molecule has 3 aromatic carbocycles. The highest BCUT2D eigenvalue weighted by Gasteiger charge is 2.35. The van der Waals surface area contributed by atoms with Crippen LogP contribution in [-0.4, -0.2) is 43.0 Å². The zero-order valence-electron chi connectivity index (χ0n) is 20.2. The Morgan fingerprint density at radius 3 is 2.20 bits per heavy atom. The maximum absolute atomic E-state index is 13.6. The summed E-state index contributed by atoms with van der Waals surface area (Å²) >= 11 is 0. The lowest BCUT2D eigenvalue weighted by molar-refractivity contribution is -0.134. The molecule has 2 amide bonds. The molecule has 1 N–H and O–H groups in total. The van der Waals surface area contributed by atoms with Gasteiger partial charge in [-0.25, -0.2) is 0 Å². The molecule has 2 atom stereocenters. The fourth-order valence-electron chi connectivity index (χ4n) is 5.64. The molecule has 2 aliphatic rings. The summed E-state index contributed by atoms with van der Waals surface area (Å²) in [4.78, 5) is 28.4. The van der Waals surface area contributed by atoms with Crippen molar-refractivity contribution in [1.29, 1.82) is 0 Å². The molecule has 3 aromatic rings. The van der Waals surface area contributed by atoms with E-state index in [-0.39, 0.29) is 23.8 Å². The highest BCUT2D eigenvalue weighted by Crippen LogP contribution is 2.43. The molecular formula is C30H32N2O3. The van der Waals surface area contributed by atoms with Crippen molar-refractivity contribution in [1.82, 2.24) is 10.2 Å². The van der Waals surface area contributed by atoms with Crippen LogP contribution in [0.1, 0.15) is 64.6 Å². The van der Waals surface area contributed by atoms with Gasteiger partial charge in [-0.3, -0.25) is 9.59 Å². The van der Waals surface area contributed by atoms with Gasteiger partial charge in [-0.2, -0.15) is 0 Å². The van der Waals surface area contributed by atoms with Gasteiger partial charge < -0.3 is 15.0 Å². The molecule has 0 bridgehead atoms. The maximum atomic E-state index is 13.6. The van der Waals surface area contributed by atoms with E-state index in [1.165, 1.54) is 16.7 Å². The molecule has 0 spiro atoms. The number of piperidine rings is 1. The molecule has 0 aromatic heterocycles. The summed E-state index contributed by atoms with van der Waals surface area (Å²) in [6.45, 7) is 1.33. The normalized spacial score (nSPS) is 20.1. The average molecular weight is 469 g/mol. The molecular weight excluding hydrogens is 436 g/mol. The summed E-state index contributed by atoms with van der Waals surface area (Å²) in [5.41, 5.74) is 4.31. The molecule has 1 heterocycles. The summed E-state index contributed by atoms with van der Waals surface area (Å²) in [5, 5.41) is 3.13.